The number of carboxylic acids is 2. The van der Waals surface area contributed by atoms with E-state index in [0.717, 1.165) is 28.6 Å². The molecule has 2 aliphatic rings. The van der Waals surface area contributed by atoms with Gasteiger partial charge in [-0.15, -0.1) is 16.9 Å². The lowest BCUT2D eigenvalue weighted by molar-refractivity contribution is -0.146. The number of aromatic hydroxyl groups is 1. The van der Waals surface area contributed by atoms with Crippen molar-refractivity contribution < 1.29 is 72.2 Å². The van der Waals surface area contributed by atoms with Crippen molar-refractivity contribution in [2.75, 3.05) is 24.7 Å². The minimum atomic E-state index is -1.47. The summed E-state index contributed by atoms with van der Waals surface area (Å²) < 4.78 is 26.4. The van der Waals surface area contributed by atoms with Crippen LogP contribution < -0.4 is 26.4 Å². The number of thioether (sulfide) groups is 2. The molecule has 3 amide bonds. The quantitative estimate of drug-likeness (QED) is 0.0521. The number of amides is 3. The Morgan fingerprint density at radius 3 is 2.17 bits per heavy atom. The number of nitrogens with zero attached hydrogens (tertiary/aromatic N) is 5. The minimum absolute atomic E-state index is 0.0229. The SMILES string of the molecule is CCOC(=O)Oc1cc2oc(C(C(N)=O)c3ccc(O)cc3)c(C(N)=O)c(=O)c2cc1OC(=O)OCC.O=C(O)Cn1nnnc1SCC1=C(C(=O)O)N2C(=O)C[C@@H]2SC1. The Labute approximate surface area is 344 Å². The molecule has 7 N–H and O–H groups in total. The monoisotopic (exact) mass is 871 g/mol. The number of β-lactam (4-membered cyclic amide) rings is 1. The van der Waals surface area contributed by atoms with Gasteiger partial charge in [0.05, 0.1) is 30.4 Å². The molecule has 0 radical (unpaired) electrons. The van der Waals surface area contributed by atoms with Gasteiger partial charge in [-0.3, -0.25) is 28.9 Å². The summed E-state index contributed by atoms with van der Waals surface area (Å²) in [5.41, 5.74) is 9.88. The summed E-state index contributed by atoms with van der Waals surface area (Å²) in [7, 11) is 0. The van der Waals surface area contributed by atoms with Gasteiger partial charge in [-0.05, 0) is 53.6 Å². The highest BCUT2D eigenvalue weighted by Gasteiger charge is 2.45. The number of hydrogen-bond acceptors (Lipinski definition) is 19. The van der Waals surface area contributed by atoms with Crippen molar-refractivity contribution in [2.24, 2.45) is 11.5 Å². The van der Waals surface area contributed by atoms with E-state index in [9.17, 15) is 48.6 Å². The molecular formula is C35H33N7O16S2. The first-order chi connectivity index (χ1) is 28.5. The van der Waals surface area contributed by atoms with Crippen LogP contribution in [0.25, 0.3) is 11.0 Å². The molecule has 4 aromatic rings. The van der Waals surface area contributed by atoms with Crippen LogP contribution in [0.3, 0.4) is 0 Å². The number of phenols is 1. The van der Waals surface area contributed by atoms with Crippen molar-refractivity contribution in [3.8, 4) is 17.2 Å². The molecule has 23 nitrogen and oxygen atoms in total. The van der Waals surface area contributed by atoms with Gasteiger partial charge in [0.25, 0.3) is 5.91 Å². The third-order valence-electron chi connectivity index (χ3n) is 8.21. The first kappa shape index (κ1) is 44.0. The predicted molar refractivity (Wildman–Crippen MR) is 204 cm³/mol. The summed E-state index contributed by atoms with van der Waals surface area (Å²) in [6, 6.07) is 7.20. The molecule has 2 aromatic heterocycles. The average molecular weight is 872 g/mol. The summed E-state index contributed by atoms with van der Waals surface area (Å²) in [5.74, 6) is -6.76. The molecule has 2 aliphatic heterocycles. The van der Waals surface area contributed by atoms with Crippen molar-refractivity contribution in [1.82, 2.24) is 25.1 Å². The summed E-state index contributed by atoms with van der Waals surface area (Å²) in [6.45, 7) is 2.61. The highest BCUT2D eigenvalue weighted by atomic mass is 32.2. The number of ether oxygens (including phenoxy) is 4. The number of phenolic OH excluding ortho intramolecular Hbond substituents is 1. The average Bonchev–Trinajstić information content (AvgIpc) is 3.61. The maximum atomic E-state index is 13.3. The van der Waals surface area contributed by atoms with Crippen molar-refractivity contribution in [2.45, 2.75) is 43.3 Å². The maximum Gasteiger partial charge on any atom is 0.513 e. The Morgan fingerprint density at radius 2 is 1.62 bits per heavy atom. The maximum absolute atomic E-state index is 13.3. The van der Waals surface area contributed by atoms with Crippen LogP contribution in [-0.4, -0.2) is 112 Å². The number of primary amides is 2. The second-order valence-corrected chi connectivity index (χ2v) is 14.2. The molecule has 0 aliphatic carbocycles. The molecule has 1 fully saturated rings. The highest BCUT2D eigenvalue weighted by molar-refractivity contribution is 8.00. The largest absolute Gasteiger partial charge is 0.513 e. The van der Waals surface area contributed by atoms with E-state index in [-0.39, 0.29) is 69.9 Å². The molecule has 0 spiro atoms. The minimum Gasteiger partial charge on any atom is -0.508 e. The second-order valence-electron chi connectivity index (χ2n) is 12.1. The number of carbonyl (C=O) groups is 7. The Morgan fingerprint density at radius 1 is 0.983 bits per heavy atom. The third-order valence-corrected chi connectivity index (χ3v) is 10.5. The number of carbonyl (C=O) groups excluding carboxylic acids is 5. The number of benzene rings is 2. The molecule has 0 saturated carbocycles. The van der Waals surface area contributed by atoms with E-state index < -0.39 is 70.2 Å². The summed E-state index contributed by atoms with van der Waals surface area (Å²) in [4.78, 5) is 97.1. The van der Waals surface area contributed by atoms with E-state index in [0.29, 0.717) is 17.7 Å². The molecule has 1 saturated heterocycles. The van der Waals surface area contributed by atoms with Gasteiger partial charge in [0.15, 0.2) is 11.5 Å². The Kier molecular flexibility index (Phi) is 14.0. The molecule has 1 unspecified atom stereocenters. The number of rotatable bonds is 14. The van der Waals surface area contributed by atoms with Gasteiger partial charge in [0.2, 0.25) is 22.4 Å². The van der Waals surface area contributed by atoms with E-state index in [1.54, 1.807) is 0 Å². The molecule has 4 heterocycles. The lowest BCUT2D eigenvalue weighted by Gasteiger charge is -2.43. The normalized spacial score (nSPS) is 14.8. The third kappa shape index (κ3) is 9.92. The van der Waals surface area contributed by atoms with Crippen LogP contribution in [0, 0.1) is 0 Å². The van der Waals surface area contributed by atoms with E-state index >= 15 is 0 Å². The zero-order chi connectivity index (χ0) is 43.8. The van der Waals surface area contributed by atoms with Crippen LogP contribution in [-0.2, 0) is 35.2 Å². The Bertz CT molecular complexity index is 2470. The predicted octanol–water partition coefficient (Wildman–Crippen LogP) is 1.78. The van der Waals surface area contributed by atoms with E-state index in [4.69, 9.17) is 39.9 Å². The van der Waals surface area contributed by atoms with Crippen LogP contribution in [0.2, 0.25) is 0 Å². The smallest absolute Gasteiger partial charge is 0.508 e. The molecule has 25 heteroatoms. The summed E-state index contributed by atoms with van der Waals surface area (Å²) in [5, 5.41) is 38.4. The zero-order valence-electron chi connectivity index (χ0n) is 31.2. The lowest BCUT2D eigenvalue weighted by Crippen LogP contribution is -2.54. The van der Waals surface area contributed by atoms with Gasteiger partial charge in [-0.25, -0.2) is 19.1 Å². The lowest BCUT2D eigenvalue weighted by atomic mass is 9.91. The Balaban J connectivity index is 0.000000253. The van der Waals surface area contributed by atoms with Gasteiger partial charge in [0, 0.05) is 17.6 Å². The fraction of sp³-hybridized carbons (Fsp3) is 0.286. The van der Waals surface area contributed by atoms with E-state index in [1.807, 2.05) is 0 Å². The number of nitrogens with two attached hydrogens (primary N) is 2. The number of hydrogen-bond donors (Lipinski definition) is 5. The molecule has 60 heavy (non-hydrogen) atoms. The van der Waals surface area contributed by atoms with E-state index in [2.05, 4.69) is 15.5 Å². The second kappa shape index (κ2) is 19.1. The summed E-state index contributed by atoms with van der Waals surface area (Å²) in [6.07, 6.45) is -1.97. The van der Waals surface area contributed by atoms with Gasteiger partial charge >= 0.3 is 24.2 Å². The van der Waals surface area contributed by atoms with Gasteiger partial charge in [0.1, 0.15) is 40.8 Å². The van der Waals surface area contributed by atoms with Crippen molar-refractivity contribution in [3.05, 3.63) is 74.8 Å². The number of carboxylic acid groups (broad SMARTS) is 2. The zero-order valence-corrected chi connectivity index (χ0v) is 32.9. The molecular weight excluding hydrogens is 839 g/mol. The summed E-state index contributed by atoms with van der Waals surface area (Å²) >= 11 is 2.66. The van der Waals surface area contributed by atoms with Gasteiger partial charge < -0.3 is 50.2 Å². The number of tetrazole rings is 1. The number of aromatic nitrogens is 4. The fourth-order valence-electron chi connectivity index (χ4n) is 5.67. The standard InChI is InChI=1S/C24H22N2O11.C11H11N5O5S2/c1-3-33-23(31)36-15-9-13-14(10-16(15)37-24(32)34-4-2)35-20(18(19(13)28)22(26)30)17(21(25)29)11-5-7-12(27)8-6-11;17-6-1-7-16(6)9(10(20)21)5(3-22-7)4-23-11-12-13-14-15(11)2-8(18)19/h5-10,17,27H,3-4H2,1-2H3,(H2,25,29)(H2,26,30);7H,1-4H2,(H,18,19)(H,20,21)/t;7-/m.0/s1. The van der Waals surface area contributed by atoms with Crippen LogP contribution >= 0.6 is 23.5 Å². The number of aliphatic carboxylic acids is 2. The molecule has 2 aromatic carbocycles. The van der Waals surface area contributed by atoms with Crippen molar-refractivity contribution >= 4 is 76.5 Å². The first-order valence-corrected chi connectivity index (χ1v) is 19.3. The van der Waals surface area contributed by atoms with Gasteiger partial charge in [-0.1, -0.05) is 23.9 Å². The van der Waals surface area contributed by atoms with Crippen molar-refractivity contribution in [3.63, 3.8) is 0 Å². The molecule has 316 valence electrons. The molecule has 2 atom stereocenters. The van der Waals surface area contributed by atoms with Crippen molar-refractivity contribution in [1.29, 1.82) is 0 Å². The van der Waals surface area contributed by atoms with Crippen LogP contribution in [0.15, 0.2) is 62.0 Å². The Hall–Kier alpha value is -7.15. The molecule has 0 bridgehead atoms. The van der Waals surface area contributed by atoms with Crippen LogP contribution in [0.1, 0.15) is 47.9 Å². The topological polar surface area (TPSA) is 346 Å². The number of fused-ring (bicyclic) bond motifs is 2. The van der Waals surface area contributed by atoms with E-state index in [1.165, 1.54) is 54.8 Å². The first-order valence-electron chi connectivity index (χ1n) is 17.3. The van der Waals surface area contributed by atoms with Gasteiger partial charge in [-0.2, -0.15) is 0 Å². The van der Waals surface area contributed by atoms with Crippen LogP contribution in [0.4, 0.5) is 9.59 Å². The highest BCUT2D eigenvalue weighted by Crippen LogP contribution is 2.41. The van der Waals surface area contributed by atoms with Crippen LogP contribution in [0.5, 0.6) is 17.2 Å². The fourth-order valence-corrected chi connectivity index (χ4v) is 7.95. The molecule has 6 rings (SSSR count).